The Kier molecular flexibility index (Phi) is 3.29. The number of benzene rings is 1. The second-order valence-corrected chi connectivity index (χ2v) is 5.84. The second-order valence-electron chi connectivity index (χ2n) is 4.04. The summed E-state index contributed by atoms with van der Waals surface area (Å²) in [5, 5.41) is 4.34. The van der Waals surface area contributed by atoms with Crippen molar-refractivity contribution in [3.8, 4) is 0 Å². The van der Waals surface area contributed by atoms with E-state index in [1.807, 2.05) is 6.07 Å². The summed E-state index contributed by atoms with van der Waals surface area (Å²) < 4.78 is 4.36. The zero-order valence-electron chi connectivity index (χ0n) is 9.30. The van der Waals surface area contributed by atoms with Crippen LogP contribution in [0.4, 0.5) is 5.13 Å². The molecule has 3 nitrogen and oxygen atoms in total. The van der Waals surface area contributed by atoms with Gasteiger partial charge in [-0.2, -0.15) is 4.37 Å². The lowest BCUT2D eigenvalue weighted by Crippen LogP contribution is -1.99. The van der Waals surface area contributed by atoms with Crippen molar-refractivity contribution in [1.29, 1.82) is 0 Å². The van der Waals surface area contributed by atoms with Crippen molar-refractivity contribution in [2.75, 3.05) is 5.32 Å². The molecule has 0 radical (unpaired) electrons. The Labute approximate surface area is 109 Å². The molecule has 1 saturated carbocycles. The number of hydrogen-bond acceptors (Lipinski definition) is 5. The van der Waals surface area contributed by atoms with E-state index in [2.05, 4.69) is 38.9 Å². The Bertz CT molecular complexity index is 480. The van der Waals surface area contributed by atoms with Gasteiger partial charge in [-0.1, -0.05) is 18.2 Å². The molecule has 17 heavy (non-hydrogen) atoms. The van der Waals surface area contributed by atoms with Crippen molar-refractivity contribution in [1.82, 2.24) is 9.36 Å². The summed E-state index contributed by atoms with van der Waals surface area (Å²) in [5.74, 6) is 1.76. The molecule has 0 unspecified atom stereocenters. The molecule has 0 aliphatic heterocycles. The van der Waals surface area contributed by atoms with E-state index in [1.54, 1.807) is 11.8 Å². The molecule has 0 saturated heterocycles. The molecule has 1 N–H and O–H groups in total. The Morgan fingerprint density at radius 3 is 2.88 bits per heavy atom. The predicted molar refractivity (Wildman–Crippen MR) is 72.6 cm³/mol. The molecule has 3 rings (SSSR count). The molecule has 1 aliphatic carbocycles. The van der Waals surface area contributed by atoms with E-state index in [4.69, 9.17) is 0 Å². The highest BCUT2D eigenvalue weighted by molar-refractivity contribution is 7.98. The smallest absolute Gasteiger partial charge is 0.202 e. The van der Waals surface area contributed by atoms with E-state index < -0.39 is 0 Å². The SMILES string of the molecule is c1ccc(SCc2nsc(NC3CC3)n2)cc1. The van der Waals surface area contributed by atoms with Gasteiger partial charge in [0.05, 0.1) is 5.75 Å². The van der Waals surface area contributed by atoms with Crippen LogP contribution in [-0.4, -0.2) is 15.4 Å². The van der Waals surface area contributed by atoms with E-state index in [0.29, 0.717) is 6.04 Å². The van der Waals surface area contributed by atoms with Crippen LogP contribution in [0.15, 0.2) is 35.2 Å². The van der Waals surface area contributed by atoms with Gasteiger partial charge in [-0.25, -0.2) is 4.98 Å². The monoisotopic (exact) mass is 263 g/mol. The maximum absolute atomic E-state index is 4.48. The summed E-state index contributed by atoms with van der Waals surface area (Å²) in [7, 11) is 0. The number of hydrogen-bond donors (Lipinski definition) is 1. The fourth-order valence-corrected chi connectivity index (χ4v) is 2.96. The van der Waals surface area contributed by atoms with Gasteiger partial charge in [-0.15, -0.1) is 11.8 Å². The van der Waals surface area contributed by atoms with E-state index in [1.165, 1.54) is 29.3 Å². The molecule has 1 aromatic carbocycles. The van der Waals surface area contributed by atoms with E-state index in [-0.39, 0.29) is 0 Å². The van der Waals surface area contributed by atoms with Gasteiger partial charge in [0, 0.05) is 22.5 Å². The summed E-state index contributed by atoms with van der Waals surface area (Å²) in [4.78, 5) is 5.74. The summed E-state index contributed by atoms with van der Waals surface area (Å²) in [6.45, 7) is 0. The van der Waals surface area contributed by atoms with Crippen LogP contribution < -0.4 is 5.32 Å². The molecule has 0 atom stereocenters. The normalized spacial score (nSPS) is 14.8. The van der Waals surface area contributed by atoms with Gasteiger partial charge >= 0.3 is 0 Å². The minimum absolute atomic E-state index is 0.651. The van der Waals surface area contributed by atoms with Crippen LogP contribution in [0.3, 0.4) is 0 Å². The first kappa shape index (κ1) is 11.0. The van der Waals surface area contributed by atoms with Gasteiger partial charge in [0.25, 0.3) is 0 Å². The van der Waals surface area contributed by atoms with E-state index in [9.17, 15) is 0 Å². The largest absolute Gasteiger partial charge is 0.358 e. The van der Waals surface area contributed by atoms with Crippen molar-refractivity contribution in [2.45, 2.75) is 29.5 Å². The molecule has 0 amide bonds. The third-order valence-corrected chi connectivity index (χ3v) is 4.18. The van der Waals surface area contributed by atoms with Gasteiger partial charge in [0.15, 0.2) is 5.82 Å². The first-order chi connectivity index (χ1) is 8.40. The fourth-order valence-electron chi connectivity index (χ4n) is 1.44. The van der Waals surface area contributed by atoms with Gasteiger partial charge in [-0.3, -0.25) is 0 Å². The summed E-state index contributed by atoms with van der Waals surface area (Å²) in [5.41, 5.74) is 0. The molecule has 1 fully saturated rings. The van der Waals surface area contributed by atoms with Crippen LogP contribution in [0.25, 0.3) is 0 Å². The quantitative estimate of drug-likeness (QED) is 0.839. The standard InChI is InChI=1S/C12H13N3S2/c1-2-4-10(5-3-1)16-8-11-14-12(17-15-11)13-9-6-7-9/h1-5,9H,6-8H2,(H,13,14,15). The summed E-state index contributed by atoms with van der Waals surface area (Å²) in [6, 6.07) is 11.0. The minimum Gasteiger partial charge on any atom is -0.358 e. The van der Waals surface area contributed by atoms with Crippen molar-refractivity contribution in [3.63, 3.8) is 0 Å². The molecule has 0 spiro atoms. The first-order valence-electron chi connectivity index (χ1n) is 5.67. The number of rotatable bonds is 5. The molecule has 1 aromatic heterocycles. The highest BCUT2D eigenvalue weighted by atomic mass is 32.2. The Morgan fingerprint density at radius 2 is 2.12 bits per heavy atom. The third kappa shape index (κ3) is 3.20. The summed E-state index contributed by atoms with van der Waals surface area (Å²) >= 11 is 3.24. The van der Waals surface area contributed by atoms with Crippen molar-refractivity contribution in [3.05, 3.63) is 36.2 Å². The van der Waals surface area contributed by atoms with Crippen molar-refractivity contribution in [2.24, 2.45) is 0 Å². The lowest BCUT2D eigenvalue weighted by molar-refractivity contribution is 1.09. The van der Waals surface area contributed by atoms with E-state index in [0.717, 1.165) is 16.7 Å². The second kappa shape index (κ2) is 5.06. The predicted octanol–water partition coefficient (Wildman–Crippen LogP) is 3.40. The zero-order valence-corrected chi connectivity index (χ0v) is 10.9. The maximum atomic E-state index is 4.48. The number of thioether (sulfide) groups is 1. The number of anilines is 1. The van der Waals surface area contributed by atoms with Gasteiger partial charge in [0.2, 0.25) is 5.13 Å². The Hall–Kier alpha value is -1.07. The third-order valence-electron chi connectivity index (χ3n) is 2.48. The molecule has 1 heterocycles. The summed E-state index contributed by atoms with van der Waals surface area (Å²) in [6.07, 6.45) is 2.54. The van der Waals surface area contributed by atoms with Crippen molar-refractivity contribution >= 4 is 28.4 Å². The van der Waals surface area contributed by atoms with Crippen LogP contribution in [0, 0.1) is 0 Å². The number of aromatic nitrogens is 2. The highest BCUT2D eigenvalue weighted by Crippen LogP contribution is 2.27. The van der Waals surface area contributed by atoms with Gasteiger partial charge in [0.1, 0.15) is 0 Å². The molecule has 0 bridgehead atoms. The van der Waals surface area contributed by atoms with Crippen LogP contribution in [0.1, 0.15) is 18.7 Å². The lowest BCUT2D eigenvalue weighted by Gasteiger charge is -1.97. The van der Waals surface area contributed by atoms with Crippen LogP contribution >= 0.6 is 23.3 Å². The highest BCUT2D eigenvalue weighted by Gasteiger charge is 2.22. The maximum Gasteiger partial charge on any atom is 0.202 e. The Balaban J connectivity index is 1.55. The molecule has 5 heteroatoms. The molecular formula is C12H13N3S2. The number of nitrogens with one attached hydrogen (secondary N) is 1. The van der Waals surface area contributed by atoms with Crippen LogP contribution in [0.2, 0.25) is 0 Å². The Morgan fingerprint density at radius 1 is 1.29 bits per heavy atom. The van der Waals surface area contributed by atoms with Crippen LogP contribution in [-0.2, 0) is 5.75 Å². The van der Waals surface area contributed by atoms with E-state index >= 15 is 0 Å². The topological polar surface area (TPSA) is 37.8 Å². The number of nitrogens with zero attached hydrogens (tertiary/aromatic N) is 2. The molecule has 2 aromatic rings. The fraction of sp³-hybridized carbons (Fsp3) is 0.333. The molecule has 88 valence electrons. The van der Waals surface area contributed by atoms with Gasteiger partial charge in [-0.05, 0) is 25.0 Å². The minimum atomic E-state index is 0.651. The van der Waals surface area contributed by atoms with Gasteiger partial charge < -0.3 is 5.32 Å². The molecular weight excluding hydrogens is 250 g/mol. The average Bonchev–Trinajstić information content (AvgIpc) is 3.06. The average molecular weight is 263 g/mol. The molecule has 1 aliphatic rings. The lowest BCUT2D eigenvalue weighted by atomic mass is 10.4. The van der Waals surface area contributed by atoms with Crippen molar-refractivity contribution < 1.29 is 0 Å². The van der Waals surface area contributed by atoms with Crippen LogP contribution in [0.5, 0.6) is 0 Å². The first-order valence-corrected chi connectivity index (χ1v) is 7.43. The zero-order chi connectivity index (χ0) is 11.5.